The summed E-state index contributed by atoms with van der Waals surface area (Å²) in [4.78, 5) is 31.1. The molecule has 3 rings (SSSR count). The Morgan fingerprint density at radius 2 is 1.96 bits per heavy atom. The van der Waals surface area contributed by atoms with Crippen LogP contribution in [0.4, 0.5) is 5.13 Å². The molecule has 0 aliphatic carbocycles. The van der Waals surface area contributed by atoms with Crippen molar-refractivity contribution < 1.29 is 9.59 Å². The Bertz CT molecular complexity index is 831. The van der Waals surface area contributed by atoms with Gasteiger partial charge in [0.05, 0.1) is 22.8 Å². The lowest BCUT2D eigenvalue weighted by Gasteiger charge is -2.34. The van der Waals surface area contributed by atoms with Crippen LogP contribution in [-0.4, -0.2) is 41.3 Å². The number of halogens is 1. The molecule has 1 aliphatic heterocycles. The highest BCUT2D eigenvalue weighted by Gasteiger charge is 2.22. The maximum Gasteiger partial charge on any atom is 0.253 e. The standard InChI is InChI=1S/C20H25ClN4O2S/c1-13-7-14(2)10-25(9-13)11-15-12-28-20(23-15)24-18(26)8-22-19(27)16-5-3-4-6-17(16)21/h3-6,12-14H,7-11H2,1-2H3,(H,22,27)(H,23,24,26)/t13-,14-/m1/s1. The van der Waals surface area contributed by atoms with Crippen molar-refractivity contribution in [1.29, 1.82) is 0 Å². The summed E-state index contributed by atoms with van der Waals surface area (Å²) in [6.45, 7) is 7.39. The molecular formula is C20H25ClN4O2S. The van der Waals surface area contributed by atoms with Gasteiger partial charge in [0.1, 0.15) is 0 Å². The minimum Gasteiger partial charge on any atom is -0.343 e. The molecule has 0 radical (unpaired) electrons. The molecular weight excluding hydrogens is 396 g/mol. The first-order chi connectivity index (χ1) is 13.4. The van der Waals surface area contributed by atoms with Crippen molar-refractivity contribution in [3.05, 3.63) is 45.9 Å². The van der Waals surface area contributed by atoms with E-state index in [1.54, 1.807) is 24.3 Å². The van der Waals surface area contributed by atoms with Crippen LogP contribution in [0, 0.1) is 11.8 Å². The van der Waals surface area contributed by atoms with E-state index in [-0.39, 0.29) is 18.4 Å². The van der Waals surface area contributed by atoms with Gasteiger partial charge in [-0.1, -0.05) is 37.6 Å². The van der Waals surface area contributed by atoms with E-state index in [1.165, 1.54) is 17.8 Å². The Labute approximate surface area is 174 Å². The normalized spacial score (nSPS) is 20.0. The van der Waals surface area contributed by atoms with Gasteiger partial charge < -0.3 is 10.6 Å². The highest BCUT2D eigenvalue weighted by molar-refractivity contribution is 7.13. The largest absolute Gasteiger partial charge is 0.343 e. The second-order valence-electron chi connectivity index (χ2n) is 7.49. The van der Waals surface area contributed by atoms with Gasteiger partial charge in [-0.05, 0) is 30.4 Å². The van der Waals surface area contributed by atoms with Crippen molar-refractivity contribution in [1.82, 2.24) is 15.2 Å². The fourth-order valence-electron chi connectivity index (χ4n) is 3.65. The molecule has 1 aliphatic rings. The molecule has 1 aromatic heterocycles. The molecule has 1 fully saturated rings. The number of hydrogen-bond acceptors (Lipinski definition) is 5. The number of carbonyl (C=O) groups excluding carboxylic acids is 2. The van der Waals surface area contributed by atoms with Gasteiger partial charge in [0.25, 0.3) is 5.91 Å². The van der Waals surface area contributed by atoms with Gasteiger partial charge in [-0.15, -0.1) is 11.3 Å². The van der Waals surface area contributed by atoms with Gasteiger partial charge in [0.2, 0.25) is 5.91 Å². The van der Waals surface area contributed by atoms with E-state index in [2.05, 4.69) is 34.4 Å². The van der Waals surface area contributed by atoms with Gasteiger partial charge in [-0.25, -0.2) is 4.98 Å². The Morgan fingerprint density at radius 3 is 2.68 bits per heavy atom. The molecule has 8 heteroatoms. The van der Waals surface area contributed by atoms with E-state index in [0.717, 1.165) is 25.3 Å². The lowest BCUT2D eigenvalue weighted by atomic mass is 9.92. The van der Waals surface area contributed by atoms with Crippen LogP contribution >= 0.6 is 22.9 Å². The molecule has 2 heterocycles. The van der Waals surface area contributed by atoms with E-state index in [9.17, 15) is 9.59 Å². The number of nitrogens with one attached hydrogen (secondary N) is 2. The summed E-state index contributed by atoms with van der Waals surface area (Å²) in [5.41, 5.74) is 1.31. The molecule has 150 valence electrons. The number of aromatic nitrogens is 1. The van der Waals surface area contributed by atoms with Gasteiger partial charge in [0, 0.05) is 25.0 Å². The predicted molar refractivity (Wildman–Crippen MR) is 113 cm³/mol. The number of hydrogen-bond donors (Lipinski definition) is 2. The topological polar surface area (TPSA) is 74.3 Å². The minimum absolute atomic E-state index is 0.139. The summed E-state index contributed by atoms with van der Waals surface area (Å²) < 4.78 is 0. The molecule has 0 spiro atoms. The van der Waals surface area contributed by atoms with Crippen LogP contribution in [-0.2, 0) is 11.3 Å². The summed E-state index contributed by atoms with van der Waals surface area (Å²) in [7, 11) is 0. The molecule has 2 amide bonds. The van der Waals surface area contributed by atoms with Crippen LogP contribution < -0.4 is 10.6 Å². The van der Waals surface area contributed by atoms with Crippen LogP contribution in [0.15, 0.2) is 29.6 Å². The Hall–Kier alpha value is -1.96. The molecule has 2 N–H and O–H groups in total. The maximum atomic E-state index is 12.1. The number of benzene rings is 1. The minimum atomic E-state index is -0.381. The highest BCUT2D eigenvalue weighted by atomic mass is 35.5. The number of anilines is 1. The van der Waals surface area contributed by atoms with E-state index in [1.807, 2.05) is 5.38 Å². The van der Waals surface area contributed by atoms with E-state index in [4.69, 9.17) is 11.6 Å². The zero-order valence-electron chi connectivity index (χ0n) is 16.1. The van der Waals surface area contributed by atoms with E-state index in [0.29, 0.717) is 27.6 Å². The summed E-state index contributed by atoms with van der Waals surface area (Å²) >= 11 is 7.39. The molecule has 2 aromatic rings. The monoisotopic (exact) mass is 420 g/mol. The number of likely N-dealkylation sites (tertiary alicyclic amines) is 1. The SMILES string of the molecule is C[C@@H]1C[C@@H](C)CN(Cc2csc(NC(=O)CNC(=O)c3ccccc3Cl)n2)C1. The van der Waals surface area contributed by atoms with E-state index < -0.39 is 0 Å². The Kier molecular flexibility index (Phi) is 7.04. The van der Waals surface area contributed by atoms with Crippen LogP contribution in [0.25, 0.3) is 0 Å². The van der Waals surface area contributed by atoms with Crippen LogP contribution in [0.2, 0.25) is 5.02 Å². The quantitative estimate of drug-likeness (QED) is 0.748. The molecule has 2 atom stereocenters. The lowest BCUT2D eigenvalue weighted by molar-refractivity contribution is -0.115. The first-order valence-electron chi connectivity index (χ1n) is 9.40. The molecule has 0 saturated carbocycles. The second-order valence-corrected chi connectivity index (χ2v) is 8.76. The molecule has 0 unspecified atom stereocenters. The number of rotatable bonds is 6. The van der Waals surface area contributed by atoms with Gasteiger partial charge >= 0.3 is 0 Å². The van der Waals surface area contributed by atoms with Gasteiger partial charge in [-0.3, -0.25) is 14.5 Å². The molecule has 6 nitrogen and oxygen atoms in total. The van der Waals surface area contributed by atoms with Gasteiger partial charge in [-0.2, -0.15) is 0 Å². The van der Waals surface area contributed by atoms with Crippen molar-refractivity contribution in [2.75, 3.05) is 25.0 Å². The lowest BCUT2D eigenvalue weighted by Crippen LogP contribution is -2.38. The fourth-order valence-corrected chi connectivity index (χ4v) is 4.59. The number of thiazole rings is 1. The molecule has 1 aromatic carbocycles. The average molecular weight is 421 g/mol. The molecule has 1 saturated heterocycles. The number of piperidine rings is 1. The van der Waals surface area contributed by atoms with Crippen LogP contribution in [0.1, 0.15) is 36.3 Å². The third-order valence-corrected chi connectivity index (χ3v) is 5.79. The third-order valence-electron chi connectivity index (χ3n) is 4.66. The van der Waals surface area contributed by atoms with Crippen molar-refractivity contribution in [2.45, 2.75) is 26.8 Å². The summed E-state index contributed by atoms with van der Waals surface area (Å²) in [5.74, 6) is 0.696. The maximum absolute atomic E-state index is 12.1. The number of nitrogens with zero attached hydrogens (tertiary/aromatic N) is 2. The summed E-state index contributed by atoms with van der Waals surface area (Å²) in [6, 6.07) is 6.72. The zero-order chi connectivity index (χ0) is 20.1. The number of carbonyl (C=O) groups is 2. The van der Waals surface area contributed by atoms with Crippen molar-refractivity contribution in [3.8, 4) is 0 Å². The van der Waals surface area contributed by atoms with Crippen molar-refractivity contribution >= 4 is 39.9 Å². The smallest absolute Gasteiger partial charge is 0.253 e. The fraction of sp³-hybridized carbons (Fsp3) is 0.450. The molecule has 0 bridgehead atoms. The summed E-state index contributed by atoms with van der Waals surface area (Å²) in [6.07, 6.45) is 1.27. The Balaban J connectivity index is 1.47. The predicted octanol–water partition coefficient (Wildman–Crippen LogP) is 3.64. The first kappa shape index (κ1) is 20.8. The zero-order valence-corrected chi connectivity index (χ0v) is 17.6. The van der Waals surface area contributed by atoms with Crippen molar-refractivity contribution in [2.24, 2.45) is 11.8 Å². The van der Waals surface area contributed by atoms with Gasteiger partial charge in [0.15, 0.2) is 5.13 Å². The summed E-state index contributed by atoms with van der Waals surface area (Å²) in [5, 5.41) is 8.19. The first-order valence-corrected chi connectivity index (χ1v) is 10.7. The highest BCUT2D eigenvalue weighted by Crippen LogP contribution is 2.24. The third kappa shape index (κ3) is 5.77. The average Bonchev–Trinajstić information content (AvgIpc) is 3.06. The van der Waals surface area contributed by atoms with Crippen LogP contribution in [0.5, 0.6) is 0 Å². The van der Waals surface area contributed by atoms with E-state index >= 15 is 0 Å². The molecule has 28 heavy (non-hydrogen) atoms. The van der Waals surface area contributed by atoms with Crippen molar-refractivity contribution in [3.63, 3.8) is 0 Å². The number of amides is 2. The second kappa shape index (κ2) is 9.49. The Morgan fingerprint density at radius 1 is 1.25 bits per heavy atom. The van der Waals surface area contributed by atoms with Crippen LogP contribution in [0.3, 0.4) is 0 Å².